The van der Waals surface area contributed by atoms with Crippen LogP contribution >= 0.6 is 34.8 Å². The Bertz CT molecular complexity index is 1000. The van der Waals surface area contributed by atoms with Gasteiger partial charge in [0, 0.05) is 30.3 Å². The Labute approximate surface area is 188 Å². The number of Topliss-reactive ketones (excluding diaryl/α,β-unsaturated/α-hetero) is 1. The number of hydrogen-bond donors (Lipinski definition) is 1. The molecule has 0 saturated heterocycles. The summed E-state index contributed by atoms with van der Waals surface area (Å²) in [5.74, 6) is -0.296. The van der Waals surface area contributed by atoms with E-state index in [0.29, 0.717) is 21.2 Å². The number of nitrogens with zero attached hydrogens (tertiary/aromatic N) is 2. The van der Waals surface area contributed by atoms with Crippen molar-refractivity contribution in [3.05, 3.63) is 62.4 Å². The number of methoxy groups -OCH3 is 1. The van der Waals surface area contributed by atoms with E-state index in [1.807, 2.05) is 0 Å². The summed E-state index contributed by atoms with van der Waals surface area (Å²) < 4.78 is 24.3. The molecule has 160 valence electrons. The number of ether oxygens (including phenoxy) is 2. The highest BCUT2D eigenvalue weighted by molar-refractivity contribution is 6.36. The van der Waals surface area contributed by atoms with Crippen molar-refractivity contribution in [2.75, 3.05) is 13.8 Å². The average molecular weight is 475 g/mol. The highest BCUT2D eigenvalue weighted by Crippen LogP contribution is 2.40. The zero-order valence-corrected chi connectivity index (χ0v) is 18.4. The van der Waals surface area contributed by atoms with Gasteiger partial charge < -0.3 is 15.2 Å². The smallest absolute Gasteiger partial charge is 0.283 e. The molecule has 2 aromatic rings. The fourth-order valence-corrected chi connectivity index (χ4v) is 4.36. The van der Waals surface area contributed by atoms with Crippen molar-refractivity contribution in [1.29, 1.82) is 0 Å². The molecule has 1 aromatic heterocycles. The quantitative estimate of drug-likeness (QED) is 0.628. The SMILES string of the molecule is CO[C@H]1[C@@H](CF)OC(N)=N[C@]1(C)c1cc(CC(=O)c2ncc(Cl)cc2Cl)ccc1Cl. The molecule has 10 heteroatoms. The second-order valence-corrected chi connectivity index (χ2v) is 8.21. The Hall–Kier alpha value is -1.93. The number of rotatable bonds is 6. The molecule has 3 rings (SSSR count). The van der Waals surface area contributed by atoms with Crippen molar-refractivity contribution in [2.45, 2.75) is 31.1 Å². The number of aromatic nitrogens is 1. The Morgan fingerprint density at radius 3 is 2.67 bits per heavy atom. The number of carbonyl (C=O) groups excluding carboxylic acids is 1. The molecule has 2 N–H and O–H groups in total. The number of amidine groups is 1. The molecular formula is C20H19Cl3FN3O3. The van der Waals surface area contributed by atoms with Crippen LogP contribution in [0.1, 0.15) is 28.5 Å². The van der Waals surface area contributed by atoms with Gasteiger partial charge in [0.15, 0.2) is 11.9 Å². The number of benzene rings is 1. The molecule has 1 aliphatic rings. The van der Waals surface area contributed by atoms with E-state index in [2.05, 4.69) is 9.98 Å². The van der Waals surface area contributed by atoms with Crippen LogP contribution < -0.4 is 5.73 Å². The minimum Gasteiger partial charge on any atom is -0.456 e. The van der Waals surface area contributed by atoms with Crippen LogP contribution in [0.3, 0.4) is 0 Å². The zero-order chi connectivity index (χ0) is 22.1. The van der Waals surface area contributed by atoms with E-state index in [4.69, 9.17) is 50.0 Å². The molecule has 0 aliphatic carbocycles. The van der Waals surface area contributed by atoms with E-state index in [1.165, 1.54) is 19.4 Å². The number of nitrogens with two attached hydrogens (primary N) is 1. The summed E-state index contributed by atoms with van der Waals surface area (Å²) in [5, 5.41) is 0.872. The third-order valence-electron chi connectivity index (χ3n) is 4.92. The van der Waals surface area contributed by atoms with Gasteiger partial charge in [-0.15, -0.1) is 0 Å². The number of pyridine rings is 1. The predicted octanol–water partition coefficient (Wildman–Crippen LogP) is 4.38. The maximum Gasteiger partial charge on any atom is 0.283 e. The summed E-state index contributed by atoms with van der Waals surface area (Å²) in [4.78, 5) is 21.1. The van der Waals surface area contributed by atoms with Gasteiger partial charge in [-0.05, 0) is 24.6 Å². The van der Waals surface area contributed by atoms with Gasteiger partial charge >= 0.3 is 0 Å². The van der Waals surface area contributed by atoms with Gasteiger partial charge in [-0.2, -0.15) is 0 Å². The van der Waals surface area contributed by atoms with Crippen LogP contribution in [0.15, 0.2) is 35.5 Å². The van der Waals surface area contributed by atoms with E-state index < -0.39 is 24.4 Å². The van der Waals surface area contributed by atoms with Gasteiger partial charge in [0.25, 0.3) is 6.02 Å². The molecule has 0 radical (unpaired) electrons. The number of hydrogen-bond acceptors (Lipinski definition) is 6. The van der Waals surface area contributed by atoms with Gasteiger partial charge in [0.2, 0.25) is 0 Å². The number of halogens is 4. The highest BCUT2D eigenvalue weighted by Gasteiger charge is 2.47. The monoisotopic (exact) mass is 473 g/mol. The molecule has 0 bridgehead atoms. The summed E-state index contributed by atoms with van der Waals surface area (Å²) in [6, 6.07) is 6.35. The molecule has 0 amide bonds. The molecule has 0 unspecified atom stereocenters. The lowest BCUT2D eigenvalue weighted by atomic mass is 9.82. The summed E-state index contributed by atoms with van der Waals surface area (Å²) >= 11 is 18.4. The maximum absolute atomic E-state index is 13.5. The van der Waals surface area contributed by atoms with Gasteiger partial charge in [0.1, 0.15) is 24.0 Å². The molecule has 0 fully saturated rings. The standard InChI is InChI=1S/C20H19Cl3FN3O3/c1-20(18(29-2)16(8-24)30-19(25)27-20)12-5-10(3-4-13(12)22)6-15(28)17-14(23)7-11(21)9-26-17/h3-5,7,9,16,18H,6,8H2,1-2H3,(H2,25,27)/t16-,18+,20-/m1/s1. The lowest BCUT2D eigenvalue weighted by molar-refractivity contribution is -0.0697. The first-order chi connectivity index (χ1) is 14.2. The van der Waals surface area contributed by atoms with Gasteiger partial charge in [-0.1, -0.05) is 46.9 Å². The van der Waals surface area contributed by atoms with Crippen LogP contribution in [0.2, 0.25) is 15.1 Å². The fraction of sp³-hybridized carbons (Fsp3) is 0.350. The van der Waals surface area contributed by atoms with Crippen molar-refractivity contribution >= 4 is 46.6 Å². The van der Waals surface area contributed by atoms with Crippen LogP contribution in [-0.2, 0) is 21.4 Å². The number of carbonyl (C=O) groups is 1. The van der Waals surface area contributed by atoms with Gasteiger partial charge in [-0.3, -0.25) is 4.79 Å². The Morgan fingerprint density at radius 2 is 2.03 bits per heavy atom. The minimum atomic E-state index is -1.12. The Kier molecular flexibility index (Phi) is 6.87. The van der Waals surface area contributed by atoms with Crippen LogP contribution in [-0.4, -0.2) is 42.8 Å². The lowest BCUT2D eigenvalue weighted by Crippen LogP contribution is -2.53. The van der Waals surface area contributed by atoms with Crippen molar-refractivity contribution in [3.63, 3.8) is 0 Å². The van der Waals surface area contributed by atoms with Crippen LogP contribution in [0.5, 0.6) is 0 Å². The highest BCUT2D eigenvalue weighted by atomic mass is 35.5. The lowest BCUT2D eigenvalue weighted by Gasteiger charge is -2.41. The molecule has 3 atom stereocenters. The van der Waals surface area contributed by atoms with Crippen molar-refractivity contribution in [3.8, 4) is 0 Å². The molecule has 6 nitrogen and oxygen atoms in total. The summed E-state index contributed by atoms with van der Waals surface area (Å²) in [5.41, 5.74) is 5.94. The zero-order valence-electron chi connectivity index (χ0n) is 16.2. The minimum absolute atomic E-state index is 0.00842. The van der Waals surface area contributed by atoms with E-state index >= 15 is 0 Å². The first-order valence-electron chi connectivity index (χ1n) is 8.93. The normalized spacial score (nSPS) is 23.6. The van der Waals surface area contributed by atoms with Crippen molar-refractivity contribution in [1.82, 2.24) is 4.98 Å². The largest absolute Gasteiger partial charge is 0.456 e. The van der Waals surface area contributed by atoms with Gasteiger partial charge in [0.05, 0.1) is 10.0 Å². The molecule has 1 aromatic carbocycles. The molecule has 0 saturated carbocycles. The first-order valence-corrected chi connectivity index (χ1v) is 10.1. The summed E-state index contributed by atoms with van der Waals surface area (Å²) in [6.45, 7) is 0.907. The third-order valence-corrected chi connectivity index (χ3v) is 5.75. The summed E-state index contributed by atoms with van der Waals surface area (Å²) in [7, 11) is 1.43. The van der Waals surface area contributed by atoms with Crippen LogP contribution in [0.4, 0.5) is 4.39 Å². The number of alkyl halides is 1. The second-order valence-electron chi connectivity index (χ2n) is 6.96. The van der Waals surface area contributed by atoms with Crippen LogP contribution in [0.25, 0.3) is 0 Å². The molecule has 1 aliphatic heterocycles. The van der Waals surface area contributed by atoms with E-state index in [0.717, 1.165) is 0 Å². The molecule has 2 heterocycles. The maximum atomic E-state index is 13.5. The van der Waals surface area contributed by atoms with Crippen molar-refractivity contribution in [2.24, 2.45) is 10.7 Å². The number of aliphatic imine (C=N–C) groups is 1. The molecular weight excluding hydrogens is 456 g/mol. The van der Waals surface area contributed by atoms with Crippen molar-refractivity contribution < 1.29 is 18.7 Å². The molecule has 30 heavy (non-hydrogen) atoms. The first kappa shape index (κ1) is 22.7. The Morgan fingerprint density at radius 1 is 1.30 bits per heavy atom. The Balaban J connectivity index is 1.98. The average Bonchev–Trinajstić information content (AvgIpc) is 2.68. The predicted molar refractivity (Wildman–Crippen MR) is 114 cm³/mol. The number of ketones is 1. The second kappa shape index (κ2) is 9.06. The topological polar surface area (TPSA) is 86.8 Å². The third kappa shape index (κ3) is 4.39. The fourth-order valence-electron chi connectivity index (χ4n) is 3.56. The van der Waals surface area contributed by atoms with Gasteiger partial charge in [-0.25, -0.2) is 14.4 Å². The molecule has 0 spiro atoms. The van der Waals surface area contributed by atoms with E-state index in [-0.39, 0.29) is 28.9 Å². The van der Waals surface area contributed by atoms with E-state index in [1.54, 1.807) is 25.1 Å². The van der Waals surface area contributed by atoms with Crippen LogP contribution in [0, 0.1) is 0 Å². The summed E-state index contributed by atoms with van der Waals surface area (Å²) in [6.07, 6.45) is -0.370. The van der Waals surface area contributed by atoms with E-state index in [9.17, 15) is 9.18 Å².